The van der Waals surface area contributed by atoms with Gasteiger partial charge in [-0.1, -0.05) is 42.5 Å². The van der Waals surface area contributed by atoms with Crippen LogP contribution in [0.1, 0.15) is 17.4 Å². The molecule has 1 heterocycles. The van der Waals surface area contributed by atoms with E-state index in [4.69, 9.17) is 9.47 Å². The van der Waals surface area contributed by atoms with E-state index < -0.39 is 18.5 Å². The summed E-state index contributed by atoms with van der Waals surface area (Å²) in [5.74, 6) is -0.526. The van der Waals surface area contributed by atoms with Gasteiger partial charge in [-0.15, -0.1) is 11.3 Å². The summed E-state index contributed by atoms with van der Waals surface area (Å²) in [5, 5.41) is 5.01. The Bertz CT molecular complexity index is 924. The quantitative estimate of drug-likeness (QED) is 0.625. The number of carbonyl (C=O) groups excluding carboxylic acids is 2. The summed E-state index contributed by atoms with van der Waals surface area (Å²) < 4.78 is 10.5. The van der Waals surface area contributed by atoms with Crippen LogP contribution in [-0.4, -0.2) is 30.1 Å². The van der Waals surface area contributed by atoms with E-state index in [1.807, 2.05) is 43.3 Å². The summed E-state index contributed by atoms with van der Waals surface area (Å²) in [6.07, 6.45) is 0. The molecular formula is C20H18N2O4S. The molecule has 0 spiro atoms. The summed E-state index contributed by atoms with van der Waals surface area (Å²) in [4.78, 5) is 28.5. The predicted octanol–water partition coefficient (Wildman–Crippen LogP) is 4.00. The molecule has 1 amide bonds. The zero-order valence-electron chi connectivity index (χ0n) is 14.7. The van der Waals surface area contributed by atoms with Crippen molar-refractivity contribution in [1.82, 2.24) is 4.98 Å². The molecule has 0 radical (unpaired) electrons. The van der Waals surface area contributed by atoms with Crippen molar-refractivity contribution in [2.45, 2.75) is 6.92 Å². The molecule has 27 heavy (non-hydrogen) atoms. The molecule has 6 nitrogen and oxygen atoms in total. The number of benzene rings is 2. The number of rotatable bonds is 7. The summed E-state index contributed by atoms with van der Waals surface area (Å²) >= 11 is 1.35. The van der Waals surface area contributed by atoms with Crippen molar-refractivity contribution in [3.8, 4) is 16.3 Å². The lowest BCUT2D eigenvalue weighted by molar-refractivity contribution is -0.119. The second kappa shape index (κ2) is 8.95. The van der Waals surface area contributed by atoms with Crippen molar-refractivity contribution >= 4 is 28.9 Å². The molecule has 2 aromatic carbocycles. The van der Waals surface area contributed by atoms with Crippen molar-refractivity contribution in [3.05, 3.63) is 65.7 Å². The van der Waals surface area contributed by atoms with E-state index in [0.717, 1.165) is 10.6 Å². The van der Waals surface area contributed by atoms with E-state index in [9.17, 15) is 9.59 Å². The zero-order valence-corrected chi connectivity index (χ0v) is 15.5. The van der Waals surface area contributed by atoms with Crippen LogP contribution in [0.3, 0.4) is 0 Å². The average Bonchev–Trinajstić information content (AvgIpc) is 3.19. The standard InChI is InChI=1S/C20H18N2O4S/c1-2-25-17-11-7-6-10-15(17)21-18(23)12-26-20(24)16-13-27-19(22-16)14-8-4-3-5-9-14/h3-11,13H,2,12H2,1H3,(H,21,23). The zero-order chi connectivity index (χ0) is 19.1. The lowest BCUT2D eigenvalue weighted by atomic mass is 10.2. The van der Waals surface area contributed by atoms with E-state index in [0.29, 0.717) is 18.0 Å². The van der Waals surface area contributed by atoms with Gasteiger partial charge in [0.15, 0.2) is 12.3 Å². The fraction of sp³-hybridized carbons (Fsp3) is 0.150. The molecule has 0 aliphatic heterocycles. The number of carbonyl (C=O) groups is 2. The minimum absolute atomic E-state index is 0.182. The summed E-state index contributed by atoms with van der Waals surface area (Å²) in [7, 11) is 0. The van der Waals surface area contributed by atoms with Gasteiger partial charge >= 0.3 is 5.97 Å². The van der Waals surface area contributed by atoms with E-state index in [1.165, 1.54) is 11.3 Å². The van der Waals surface area contributed by atoms with Crippen molar-refractivity contribution in [2.75, 3.05) is 18.5 Å². The number of nitrogens with one attached hydrogen (secondary N) is 1. The molecule has 0 saturated carbocycles. The van der Waals surface area contributed by atoms with Crippen molar-refractivity contribution < 1.29 is 19.1 Å². The number of ether oxygens (including phenoxy) is 2. The SMILES string of the molecule is CCOc1ccccc1NC(=O)COC(=O)c1csc(-c2ccccc2)n1. The van der Waals surface area contributed by atoms with Crippen LogP contribution >= 0.6 is 11.3 Å². The Morgan fingerprint density at radius 3 is 2.59 bits per heavy atom. The van der Waals surface area contributed by atoms with E-state index in [-0.39, 0.29) is 5.69 Å². The Balaban J connectivity index is 1.56. The summed E-state index contributed by atoms with van der Waals surface area (Å²) in [6.45, 7) is 1.94. The molecule has 138 valence electrons. The maximum atomic E-state index is 12.1. The largest absolute Gasteiger partial charge is 0.492 e. The molecule has 3 rings (SSSR count). The van der Waals surface area contributed by atoms with Crippen molar-refractivity contribution in [3.63, 3.8) is 0 Å². The van der Waals surface area contributed by atoms with Crippen LogP contribution in [0, 0.1) is 0 Å². The third-order valence-corrected chi connectivity index (χ3v) is 4.42. The van der Waals surface area contributed by atoms with Gasteiger partial charge in [-0.2, -0.15) is 0 Å². The summed E-state index contributed by atoms with van der Waals surface area (Å²) in [6, 6.07) is 16.6. The maximum Gasteiger partial charge on any atom is 0.358 e. The number of esters is 1. The number of anilines is 1. The molecule has 0 fully saturated rings. The smallest absolute Gasteiger partial charge is 0.358 e. The average molecular weight is 382 g/mol. The van der Waals surface area contributed by atoms with Gasteiger partial charge in [0.25, 0.3) is 5.91 Å². The first-order chi connectivity index (χ1) is 13.2. The number of thiazole rings is 1. The van der Waals surface area contributed by atoms with Gasteiger partial charge in [0.2, 0.25) is 0 Å². The van der Waals surface area contributed by atoms with Gasteiger partial charge in [-0.05, 0) is 19.1 Å². The van der Waals surface area contributed by atoms with Crippen molar-refractivity contribution in [1.29, 1.82) is 0 Å². The third-order valence-electron chi connectivity index (χ3n) is 3.53. The Morgan fingerprint density at radius 2 is 1.81 bits per heavy atom. The second-order valence-electron chi connectivity index (χ2n) is 5.46. The molecule has 0 aliphatic carbocycles. The molecular weight excluding hydrogens is 364 g/mol. The number of hydrogen-bond donors (Lipinski definition) is 1. The third kappa shape index (κ3) is 4.92. The molecule has 7 heteroatoms. The Labute approximate surface area is 160 Å². The van der Waals surface area contributed by atoms with E-state index >= 15 is 0 Å². The molecule has 0 atom stereocenters. The highest BCUT2D eigenvalue weighted by atomic mass is 32.1. The Hall–Kier alpha value is -3.19. The highest BCUT2D eigenvalue weighted by molar-refractivity contribution is 7.13. The molecule has 1 aromatic heterocycles. The minimum Gasteiger partial charge on any atom is -0.492 e. The molecule has 3 aromatic rings. The fourth-order valence-electron chi connectivity index (χ4n) is 2.32. The molecule has 0 unspecified atom stereocenters. The number of hydrogen-bond acceptors (Lipinski definition) is 6. The van der Waals surface area contributed by atoms with Gasteiger partial charge in [-0.25, -0.2) is 9.78 Å². The molecule has 0 aliphatic rings. The van der Waals surface area contributed by atoms with Gasteiger partial charge in [0.05, 0.1) is 12.3 Å². The monoisotopic (exact) mass is 382 g/mol. The second-order valence-corrected chi connectivity index (χ2v) is 6.32. The molecule has 0 saturated heterocycles. The lowest BCUT2D eigenvalue weighted by Crippen LogP contribution is -2.21. The van der Waals surface area contributed by atoms with Crippen LogP contribution in [0.15, 0.2) is 60.0 Å². The van der Waals surface area contributed by atoms with E-state index in [1.54, 1.807) is 23.6 Å². The predicted molar refractivity (Wildman–Crippen MR) is 104 cm³/mol. The Morgan fingerprint density at radius 1 is 1.07 bits per heavy atom. The van der Waals surface area contributed by atoms with Crippen LogP contribution in [0.25, 0.3) is 10.6 Å². The summed E-state index contributed by atoms with van der Waals surface area (Å²) in [5.41, 5.74) is 1.63. The van der Waals surface area contributed by atoms with Gasteiger partial charge in [0.1, 0.15) is 10.8 Å². The Kier molecular flexibility index (Phi) is 6.17. The van der Waals surface area contributed by atoms with Crippen molar-refractivity contribution in [2.24, 2.45) is 0 Å². The van der Waals surface area contributed by atoms with Gasteiger partial charge in [0, 0.05) is 10.9 Å². The van der Waals surface area contributed by atoms with E-state index in [2.05, 4.69) is 10.3 Å². The normalized spacial score (nSPS) is 10.3. The molecule has 0 bridgehead atoms. The highest BCUT2D eigenvalue weighted by Gasteiger charge is 2.15. The maximum absolute atomic E-state index is 12.1. The number of para-hydroxylation sites is 2. The van der Waals surface area contributed by atoms with Crippen LogP contribution < -0.4 is 10.1 Å². The number of amides is 1. The van der Waals surface area contributed by atoms with Crippen LogP contribution in [0.4, 0.5) is 5.69 Å². The number of aromatic nitrogens is 1. The van der Waals surface area contributed by atoms with Crippen LogP contribution in [-0.2, 0) is 9.53 Å². The lowest BCUT2D eigenvalue weighted by Gasteiger charge is -2.11. The first-order valence-electron chi connectivity index (χ1n) is 8.37. The van der Waals surface area contributed by atoms with Crippen LogP contribution in [0.2, 0.25) is 0 Å². The molecule has 1 N–H and O–H groups in total. The number of nitrogens with zero attached hydrogens (tertiary/aromatic N) is 1. The first kappa shape index (κ1) is 18.6. The fourth-order valence-corrected chi connectivity index (χ4v) is 3.12. The van der Waals surface area contributed by atoms with Gasteiger partial charge in [-0.3, -0.25) is 4.79 Å². The topological polar surface area (TPSA) is 77.5 Å². The van der Waals surface area contributed by atoms with Crippen LogP contribution in [0.5, 0.6) is 5.75 Å². The highest BCUT2D eigenvalue weighted by Crippen LogP contribution is 2.24. The first-order valence-corrected chi connectivity index (χ1v) is 9.25. The van der Waals surface area contributed by atoms with Gasteiger partial charge < -0.3 is 14.8 Å². The minimum atomic E-state index is -0.637.